The van der Waals surface area contributed by atoms with Gasteiger partial charge in [-0.15, -0.1) is 0 Å². The molecular weight excluding hydrogens is 374 g/mol. The molecule has 0 atom stereocenters. The Hall–Kier alpha value is -2.72. The zero-order valence-electron chi connectivity index (χ0n) is 13.8. The molecule has 0 aliphatic heterocycles. The van der Waals surface area contributed by atoms with Crippen molar-refractivity contribution >= 4 is 27.3 Å². The average Bonchev–Trinajstić information content (AvgIpc) is 2.67. The van der Waals surface area contributed by atoms with E-state index in [0.29, 0.717) is 11.3 Å². The molecule has 2 aromatic carbocycles. The van der Waals surface area contributed by atoms with Crippen LogP contribution < -0.4 is 4.90 Å². The molecule has 3 nitrogen and oxygen atoms in total. The fourth-order valence-electron chi connectivity index (χ4n) is 2.58. The van der Waals surface area contributed by atoms with E-state index in [9.17, 15) is 0 Å². The van der Waals surface area contributed by atoms with E-state index in [1.807, 2.05) is 53.4 Å². The molecule has 0 amide bonds. The van der Waals surface area contributed by atoms with Gasteiger partial charge in [0.25, 0.3) is 0 Å². The van der Waals surface area contributed by atoms with Gasteiger partial charge in [-0.1, -0.05) is 73.8 Å². The highest BCUT2D eigenvalue weighted by atomic mass is 79.9. The predicted octanol–water partition coefficient (Wildman–Crippen LogP) is 5.45. The SMILES string of the molecule is C=CN(Cc1ccccc1)c1nc(Br)ncc1C(=C)c1ccccc1. The van der Waals surface area contributed by atoms with Gasteiger partial charge in [-0.3, -0.25) is 0 Å². The molecule has 0 saturated carbocycles. The summed E-state index contributed by atoms with van der Waals surface area (Å²) in [6, 6.07) is 20.3. The van der Waals surface area contributed by atoms with Gasteiger partial charge in [-0.2, -0.15) is 0 Å². The molecule has 3 rings (SSSR count). The van der Waals surface area contributed by atoms with E-state index in [2.05, 4.69) is 51.2 Å². The monoisotopic (exact) mass is 391 g/mol. The first kappa shape index (κ1) is 17.1. The standard InChI is InChI=1S/C21H18BrN3/c1-3-25(15-17-10-6-4-7-11-17)20-19(14-23-21(22)24-20)16(2)18-12-8-5-9-13-18/h3-14H,1-2,15H2. The molecule has 0 unspecified atom stereocenters. The number of halogens is 1. The summed E-state index contributed by atoms with van der Waals surface area (Å²) in [5.41, 5.74) is 3.97. The second-order valence-electron chi connectivity index (χ2n) is 5.52. The molecule has 0 saturated heterocycles. The maximum atomic E-state index is 4.59. The van der Waals surface area contributed by atoms with E-state index in [1.54, 1.807) is 12.4 Å². The highest BCUT2D eigenvalue weighted by molar-refractivity contribution is 9.10. The van der Waals surface area contributed by atoms with Crippen LogP contribution >= 0.6 is 15.9 Å². The van der Waals surface area contributed by atoms with Crippen molar-refractivity contribution in [3.8, 4) is 0 Å². The number of anilines is 1. The van der Waals surface area contributed by atoms with Crippen LogP contribution in [0.3, 0.4) is 0 Å². The highest BCUT2D eigenvalue weighted by Gasteiger charge is 2.16. The lowest BCUT2D eigenvalue weighted by molar-refractivity contribution is 0.920. The van der Waals surface area contributed by atoms with Crippen LogP contribution in [0.2, 0.25) is 0 Å². The normalized spacial score (nSPS) is 10.3. The second-order valence-corrected chi connectivity index (χ2v) is 6.23. The molecule has 3 aromatic rings. The molecule has 0 spiro atoms. The van der Waals surface area contributed by atoms with Crippen molar-refractivity contribution in [1.82, 2.24) is 9.97 Å². The Morgan fingerprint density at radius 3 is 2.32 bits per heavy atom. The van der Waals surface area contributed by atoms with Crippen LogP contribution in [-0.4, -0.2) is 9.97 Å². The highest BCUT2D eigenvalue weighted by Crippen LogP contribution is 2.30. The molecular formula is C21H18BrN3. The maximum Gasteiger partial charge on any atom is 0.198 e. The molecule has 1 heterocycles. The Kier molecular flexibility index (Phi) is 5.41. The van der Waals surface area contributed by atoms with Crippen LogP contribution in [0.5, 0.6) is 0 Å². The van der Waals surface area contributed by atoms with Gasteiger partial charge >= 0.3 is 0 Å². The Morgan fingerprint density at radius 2 is 1.68 bits per heavy atom. The zero-order chi connectivity index (χ0) is 17.6. The summed E-state index contributed by atoms with van der Waals surface area (Å²) in [5, 5.41) is 0. The second kappa shape index (κ2) is 7.90. The Labute approximate surface area is 156 Å². The summed E-state index contributed by atoms with van der Waals surface area (Å²) < 4.78 is 0.534. The summed E-state index contributed by atoms with van der Waals surface area (Å²) in [7, 11) is 0. The van der Waals surface area contributed by atoms with Gasteiger partial charge in [0, 0.05) is 18.3 Å². The van der Waals surface area contributed by atoms with Gasteiger partial charge in [0.15, 0.2) is 4.73 Å². The number of nitrogens with zero attached hydrogens (tertiary/aromatic N) is 3. The van der Waals surface area contributed by atoms with Gasteiger partial charge in [0.1, 0.15) is 5.82 Å². The van der Waals surface area contributed by atoms with Crippen LogP contribution in [0.25, 0.3) is 5.57 Å². The van der Waals surface area contributed by atoms with Crippen LogP contribution in [0, 0.1) is 0 Å². The smallest absolute Gasteiger partial charge is 0.198 e. The van der Waals surface area contributed by atoms with Crippen molar-refractivity contribution < 1.29 is 0 Å². The number of hydrogen-bond acceptors (Lipinski definition) is 3. The zero-order valence-corrected chi connectivity index (χ0v) is 15.4. The van der Waals surface area contributed by atoms with E-state index in [0.717, 1.165) is 22.5 Å². The van der Waals surface area contributed by atoms with Crippen molar-refractivity contribution in [2.24, 2.45) is 0 Å². The lowest BCUT2D eigenvalue weighted by Crippen LogP contribution is -2.18. The van der Waals surface area contributed by atoms with Crippen molar-refractivity contribution in [2.75, 3.05) is 4.90 Å². The summed E-state index contributed by atoms with van der Waals surface area (Å²) in [6.07, 6.45) is 3.58. The minimum absolute atomic E-state index is 0.534. The number of aromatic nitrogens is 2. The topological polar surface area (TPSA) is 29.0 Å². The third-order valence-electron chi connectivity index (χ3n) is 3.87. The van der Waals surface area contributed by atoms with E-state index >= 15 is 0 Å². The van der Waals surface area contributed by atoms with Gasteiger partial charge in [-0.25, -0.2) is 9.97 Å². The van der Waals surface area contributed by atoms with Crippen molar-refractivity contribution in [2.45, 2.75) is 6.54 Å². The minimum Gasteiger partial charge on any atom is -0.329 e. The molecule has 0 aliphatic rings. The third kappa shape index (κ3) is 4.03. The lowest BCUT2D eigenvalue weighted by atomic mass is 10.0. The van der Waals surface area contributed by atoms with Crippen LogP contribution in [0.4, 0.5) is 5.82 Å². The number of hydrogen-bond donors (Lipinski definition) is 0. The number of rotatable bonds is 6. The fraction of sp³-hybridized carbons (Fsp3) is 0.0476. The average molecular weight is 392 g/mol. The molecule has 0 fully saturated rings. The van der Waals surface area contributed by atoms with E-state index in [4.69, 9.17) is 0 Å². The minimum atomic E-state index is 0.534. The van der Waals surface area contributed by atoms with E-state index in [-0.39, 0.29) is 0 Å². The van der Waals surface area contributed by atoms with Crippen molar-refractivity contribution in [3.63, 3.8) is 0 Å². The maximum absolute atomic E-state index is 4.59. The molecule has 0 aliphatic carbocycles. The first-order chi connectivity index (χ1) is 12.2. The van der Waals surface area contributed by atoms with Crippen molar-refractivity contribution in [3.05, 3.63) is 108 Å². The summed E-state index contributed by atoms with van der Waals surface area (Å²) in [5.74, 6) is 0.773. The van der Waals surface area contributed by atoms with Crippen LogP contribution in [0.15, 0.2) is 91.0 Å². The van der Waals surface area contributed by atoms with Crippen LogP contribution in [-0.2, 0) is 6.54 Å². The summed E-state index contributed by atoms with van der Waals surface area (Å²) >= 11 is 3.37. The van der Waals surface area contributed by atoms with Gasteiger partial charge in [0.2, 0.25) is 0 Å². The largest absolute Gasteiger partial charge is 0.329 e. The molecule has 1 aromatic heterocycles. The summed E-state index contributed by atoms with van der Waals surface area (Å²) in [4.78, 5) is 10.9. The van der Waals surface area contributed by atoms with Gasteiger partial charge in [-0.05, 0) is 38.8 Å². The molecule has 0 bridgehead atoms. The molecule has 0 radical (unpaired) electrons. The van der Waals surface area contributed by atoms with Gasteiger partial charge in [0.05, 0.1) is 0 Å². The van der Waals surface area contributed by atoms with Crippen molar-refractivity contribution in [1.29, 1.82) is 0 Å². The lowest BCUT2D eigenvalue weighted by Gasteiger charge is -2.23. The van der Waals surface area contributed by atoms with E-state index < -0.39 is 0 Å². The Balaban J connectivity index is 2.01. The quantitative estimate of drug-likeness (QED) is 0.523. The molecule has 4 heteroatoms. The predicted molar refractivity (Wildman–Crippen MR) is 107 cm³/mol. The molecule has 124 valence electrons. The first-order valence-electron chi connectivity index (χ1n) is 7.89. The third-order valence-corrected chi connectivity index (χ3v) is 4.26. The van der Waals surface area contributed by atoms with E-state index in [1.165, 1.54) is 5.56 Å². The van der Waals surface area contributed by atoms with Gasteiger partial charge < -0.3 is 4.90 Å². The Bertz CT molecular complexity index is 876. The number of benzene rings is 2. The fourth-order valence-corrected chi connectivity index (χ4v) is 2.86. The Morgan fingerprint density at radius 1 is 1.04 bits per heavy atom. The van der Waals surface area contributed by atoms with Crippen LogP contribution in [0.1, 0.15) is 16.7 Å². The first-order valence-corrected chi connectivity index (χ1v) is 8.68. The molecule has 25 heavy (non-hydrogen) atoms. The molecule has 0 N–H and O–H groups in total. The summed E-state index contributed by atoms with van der Waals surface area (Å²) in [6.45, 7) is 8.88.